The third kappa shape index (κ3) is 3.28. The van der Waals surface area contributed by atoms with E-state index in [1.54, 1.807) is 0 Å². The number of thiophene rings is 1. The fourth-order valence-corrected chi connectivity index (χ4v) is 2.91. The van der Waals surface area contributed by atoms with Gasteiger partial charge in [-0.3, -0.25) is 4.79 Å². The second-order valence-electron chi connectivity index (χ2n) is 4.07. The molecule has 2 rings (SSSR count). The number of anilines is 1. The number of ether oxygens (including phenoxy) is 1. The standard InChI is InChI=1S/C12H17NO3S/c14-7-8-16-10-3-5-13(6-4-10)12-2-1-11(9-15)17-12/h1-2,9-10,14H,3-8H2. The summed E-state index contributed by atoms with van der Waals surface area (Å²) in [5, 5.41) is 9.85. The molecule has 0 aliphatic carbocycles. The Morgan fingerprint density at radius 2 is 2.24 bits per heavy atom. The van der Waals surface area contributed by atoms with Crippen molar-refractivity contribution in [3.63, 3.8) is 0 Å². The van der Waals surface area contributed by atoms with Gasteiger partial charge in [-0.05, 0) is 25.0 Å². The molecule has 0 saturated carbocycles. The molecular weight excluding hydrogens is 238 g/mol. The van der Waals surface area contributed by atoms with Crippen molar-refractivity contribution in [1.29, 1.82) is 0 Å². The number of carbonyl (C=O) groups excluding carboxylic acids is 1. The van der Waals surface area contributed by atoms with Gasteiger partial charge in [0.1, 0.15) is 0 Å². The summed E-state index contributed by atoms with van der Waals surface area (Å²) in [6, 6.07) is 3.87. The van der Waals surface area contributed by atoms with Crippen LogP contribution in [0.25, 0.3) is 0 Å². The van der Waals surface area contributed by atoms with Gasteiger partial charge in [0, 0.05) is 13.1 Å². The van der Waals surface area contributed by atoms with Crippen LogP contribution in [-0.4, -0.2) is 43.8 Å². The molecule has 5 heteroatoms. The molecule has 2 heterocycles. The minimum absolute atomic E-state index is 0.0911. The third-order valence-electron chi connectivity index (χ3n) is 2.93. The molecule has 0 radical (unpaired) electrons. The van der Waals surface area contributed by atoms with Gasteiger partial charge in [-0.1, -0.05) is 0 Å². The van der Waals surface area contributed by atoms with Crippen LogP contribution < -0.4 is 4.90 Å². The van der Waals surface area contributed by atoms with Crippen LogP contribution in [0.4, 0.5) is 5.00 Å². The van der Waals surface area contributed by atoms with Crippen LogP contribution in [0, 0.1) is 0 Å². The Hall–Kier alpha value is -0.910. The Morgan fingerprint density at radius 3 is 2.82 bits per heavy atom. The molecule has 1 aliphatic heterocycles. The quantitative estimate of drug-likeness (QED) is 0.811. The van der Waals surface area contributed by atoms with Crippen molar-refractivity contribution in [3.8, 4) is 0 Å². The summed E-state index contributed by atoms with van der Waals surface area (Å²) in [4.78, 5) is 13.7. The average molecular weight is 255 g/mol. The van der Waals surface area contributed by atoms with E-state index in [1.807, 2.05) is 12.1 Å². The summed E-state index contributed by atoms with van der Waals surface area (Å²) in [6.45, 7) is 2.43. The molecule has 1 aliphatic rings. The molecule has 0 atom stereocenters. The molecule has 1 aromatic heterocycles. The Labute approximate surface area is 105 Å². The maximum Gasteiger partial charge on any atom is 0.160 e. The molecule has 1 saturated heterocycles. The predicted molar refractivity (Wildman–Crippen MR) is 68.0 cm³/mol. The van der Waals surface area contributed by atoms with E-state index in [9.17, 15) is 4.79 Å². The summed E-state index contributed by atoms with van der Waals surface area (Å²) in [5.41, 5.74) is 0. The van der Waals surface area contributed by atoms with Crippen molar-refractivity contribution in [2.24, 2.45) is 0 Å². The summed E-state index contributed by atoms with van der Waals surface area (Å²) < 4.78 is 5.51. The molecule has 0 bridgehead atoms. The van der Waals surface area contributed by atoms with Crippen LogP contribution in [0.3, 0.4) is 0 Å². The molecule has 0 unspecified atom stereocenters. The Balaban J connectivity index is 1.84. The number of nitrogens with zero attached hydrogens (tertiary/aromatic N) is 1. The van der Waals surface area contributed by atoms with E-state index in [0.717, 1.165) is 42.1 Å². The maximum atomic E-state index is 10.6. The van der Waals surface area contributed by atoms with E-state index in [1.165, 1.54) is 11.3 Å². The van der Waals surface area contributed by atoms with E-state index in [-0.39, 0.29) is 12.7 Å². The molecule has 17 heavy (non-hydrogen) atoms. The third-order valence-corrected chi connectivity index (χ3v) is 4.00. The van der Waals surface area contributed by atoms with Gasteiger partial charge in [-0.25, -0.2) is 0 Å². The fourth-order valence-electron chi connectivity index (χ4n) is 2.04. The van der Waals surface area contributed by atoms with Gasteiger partial charge in [0.05, 0.1) is 29.2 Å². The number of aliphatic hydroxyl groups excluding tert-OH is 1. The van der Waals surface area contributed by atoms with Crippen LogP contribution in [-0.2, 0) is 4.74 Å². The van der Waals surface area contributed by atoms with Gasteiger partial charge in [-0.15, -0.1) is 11.3 Å². The summed E-state index contributed by atoms with van der Waals surface area (Å²) >= 11 is 1.54. The minimum atomic E-state index is 0.0911. The molecule has 1 fully saturated rings. The van der Waals surface area contributed by atoms with Crippen molar-refractivity contribution >= 4 is 22.6 Å². The van der Waals surface area contributed by atoms with Crippen LogP contribution in [0.1, 0.15) is 22.5 Å². The second-order valence-corrected chi connectivity index (χ2v) is 5.17. The van der Waals surface area contributed by atoms with Gasteiger partial charge < -0.3 is 14.7 Å². The van der Waals surface area contributed by atoms with E-state index >= 15 is 0 Å². The monoisotopic (exact) mass is 255 g/mol. The lowest BCUT2D eigenvalue weighted by Gasteiger charge is -2.32. The minimum Gasteiger partial charge on any atom is -0.394 e. The SMILES string of the molecule is O=Cc1ccc(N2CCC(OCCO)CC2)s1. The average Bonchev–Trinajstić information content (AvgIpc) is 2.86. The zero-order valence-corrected chi connectivity index (χ0v) is 10.5. The van der Waals surface area contributed by atoms with Crippen LogP contribution in [0.2, 0.25) is 0 Å². The lowest BCUT2D eigenvalue weighted by atomic mass is 10.1. The Bertz CT molecular complexity index is 358. The van der Waals surface area contributed by atoms with E-state index in [2.05, 4.69) is 4.90 Å². The van der Waals surface area contributed by atoms with Crippen molar-refractivity contribution in [2.45, 2.75) is 18.9 Å². The first kappa shape index (κ1) is 12.5. The number of carbonyl (C=O) groups is 1. The highest BCUT2D eigenvalue weighted by molar-refractivity contribution is 7.17. The van der Waals surface area contributed by atoms with Gasteiger partial charge in [0.15, 0.2) is 6.29 Å². The topological polar surface area (TPSA) is 49.8 Å². The normalized spacial score (nSPS) is 17.4. The zero-order chi connectivity index (χ0) is 12.1. The van der Waals surface area contributed by atoms with Crippen molar-refractivity contribution in [2.75, 3.05) is 31.2 Å². The van der Waals surface area contributed by atoms with Crippen LogP contribution >= 0.6 is 11.3 Å². The largest absolute Gasteiger partial charge is 0.394 e. The zero-order valence-electron chi connectivity index (χ0n) is 9.67. The predicted octanol–water partition coefficient (Wildman–Crippen LogP) is 1.54. The lowest BCUT2D eigenvalue weighted by molar-refractivity contribution is 0.0159. The molecular formula is C12H17NO3S. The highest BCUT2D eigenvalue weighted by Gasteiger charge is 2.20. The molecule has 94 valence electrons. The molecule has 1 aromatic rings. The maximum absolute atomic E-state index is 10.6. The highest BCUT2D eigenvalue weighted by atomic mass is 32.1. The van der Waals surface area contributed by atoms with E-state index in [4.69, 9.17) is 9.84 Å². The van der Waals surface area contributed by atoms with E-state index in [0.29, 0.717) is 6.61 Å². The molecule has 0 aromatic carbocycles. The molecule has 1 N–H and O–H groups in total. The van der Waals surface area contributed by atoms with Crippen LogP contribution in [0.5, 0.6) is 0 Å². The van der Waals surface area contributed by atoms with Gasteiger partial charge in [0.2, 0.25) is 0 Å². The first-order chi connectivity index (χ1) is 8.33. The van der Waals surface area contributed by atoms with Gasteiger partial charge in [-0.2, -0.15) is 0 Å². The van der Waals surface area contributed by atoms with Crippen molar-refractivity contribution in [3.05, 3.63) is 17.0 Å². The summed E-state index contributed by atoms with van der Waals surface area (Å²) in [7, 11) is 0. The smallest absolute Gasteiger partial charge is 0.160 e. The Kier molecular flexibility index (Phi) is 4.53. The molecule has 0 amide bonds. The molecule has 0 spiro atoms. The lowest BCUT2D eigenvalue weighted by Crippen LogP contribution is -2.36. The first-order valence-electron chi connectivity index (χ1n) is 5.86. The number of aldehydes is 1. The van der Waals surface area contributed by atoms with E-state index < -0.39 is 0 Å². The fraction of sp³-hybridized carbons (Fsp3) is 0.583. The first-order valence-corrected chi connectivity index (χ1v) is 6.67. The van der Waals surface area contributed by atoms with Gasteiger partial charge >= 0.3 is 0 Å². The second kappa shape index (κ2) is 6.14. The van der Waals surface area contributed by atoms with Crippen molar-refractivity contribution < 1.29 is 14.6 Å². The highest BCUT2D eigenvalue weighted by Crippen LogP contribution is 2.28. The van der Waals surface area contributed by atoms with Crippen molar-refractivity contribution in [1.82, 2.24) is 0 Å². The number of hydrogen-bond donors (Lipinski definition) is 1. The Morgan fingerprint density at radius 1 is 1.47 bits per heavy atom. The number of aliphatic hydroxyl groups is 1. The number of hydrogen-bond acceptors (Lipinski definition) is 5. The summed E-state index contributed by atoms with van der Waals surface area (Å²) in [6.07, 6.45) is 3.12. The van der Waals surface area contributed by atoms with Gasteiger partial charge in [0.25, 0.3) is 0 Å². The molecule has 4 nitrogen and oxygen atoms in total. The van der Waals surface area contributed by atoms with Crippen LogP contribution in [0.15, 0.2) is 12.1 Å². The number of piperidine rings is 1. The summed E-state index contributed by atoms with van der Waals surface area (Å²) in [5.74, 6) is 0. The number of rotatable bonds is 5.